The van der Waals surface area contributed by atoms with Gasteiger partial charge in [-0.1, -0.05) is 6.92 Å². The van der Waals surface area contributed by atoms with Crippen molar-refractivity contribution in [1.29, 1.82) is 0 Å². The van der Waals surface area contributed by atoms with E-state index in [-0.39, 0.29) is 32.0 Å². The Bertz CT molecular complexity index is 242. The minimum absolute atomic E-state index is 0. The molecule has 0 fully saturated rings. The van der Waals surface area contributed by atoms with Gasteiger partial charge in [0, 0.05) is 6.54 Å². The number of nitrogens with one attached hydrogen (secondary N) is 1. The number of carbonyl (C=O) groups excluding carboxylic acids is 2. The van der Waals surface area contributed by atoms with Gasteiger partial charge < -0.3 is 16.0 Å². The number of carbonyl (C=O) groups is 2. The normalized spacial score (nSPS) is 9.71. The number of nitrogens with two attached hydrogens (primary N) is 1. The van der Waals surface area contributed by atoms with E-state index in [4.69, 9.17) is 5.73 Å². The van der Waals surface area contributed by atoms with Crippen molar-refractivity contribution in [3.63, 3.8) is 0 Å². The zero-order valence-electron chi connectivity index (χ0n) is 9.62. The Hall–Kier alpha value is -0.950. The second kappa shape index (κ2) is 10.2. The van der Waals surface area contributed by atoms with Crippen molar-refractivity contribution in [1.82, 2.24) is 10.2 Å². The maximum atomic E-state index is 12.1. The molecule has 5 nitrogen and oxygen atoms in total. The first kappa shape index (κ1) is 18.4. The number of rotatable bonds is 7. The molecule has 0 radical (unpaired) electrons. The summed E-state index contributed by atoms with van der Waals surface area (Å²) in [5, 5.41) is 2.24. The van der Waals surface area contributed by atoms with Gasteiger partial charge in [-0.05, 0) is 6.42 Å². The summed E-state index contributed by atoms with van der Waals surface area (Å²) >= 11 is 0. The van der Waals surface area contributed by atoms with E-state index in [0.717, 1.165) is 4.90 Å². The molecule has 2 amide bonds. The van der Waals surface area contributed by atoms with Crippen LogP contribution in [-0.4, -0.2) is 49.3 Å². The van der Waals surface area contributed by atoms with Crippen molar-refractivity contribution in [3.8, 4) is 0 Å². The molecule has 3 N–H and O–H groups in total. The molecule has 17 heavy (non-hydrogen) atoms. The highest BCUT2D eigenvalue weighted by atomic mass is 35.5. The lowest BCUT2D eigenvalue weighted by Gasteiger charge is -2.21. The molecule has 0 aromatic carbocycles. The van der Waals surface area contributed by atoms with Crippen LogP contribution in [0.15, 0.2) is 0 Å². The zero-order chi connectivity index (χ0) is 12.6. The van der Waals surface area contributed by atoms with Crippen LogP contribution in [-0.2, 0) is 9.59 Å². The van der Waals surface area contributed by atoms with Crippen molar-refractivity contribution < 1.29 is 18.4 Å². The van der Waals surface area contributed by atoms with Crippen LogP contribution in [0.2, 0.25) is 0 Å². The Morgan fingerprint density at radius 2 is 2.00 bits per heavy atom. The van der Waals surface area contributed by atoms with E-state index in [0.29, 0.717) is 6.42 Å². The van der Waals surface area contributed by atoms with Crippen LogP contribution < -0.4 is 11.1 Å². The first-order valence-electron chi connectivity index (χ1n) is 5.04. The molecule has 0 aromatic rings. The van der Waals surface area contributed by atoms with E-state index in [1.54, 1.807) is 6.92 Å². The lowest BCUT2D eigenvalue weighted by molar-refractivity contribution is -0.134. The summed E-state index contributed by atoms with van der Waals surface area (Å²) in [7, 11) is 0. The van der Waals surface area contributed by atoms with Crippen LogP contribution in [0.25, 0.3) is 0 Å². The standard InChI is InChI=1S/C9H17F2N3O2.ClH/c1-2-3-14(6-7(10)11)9(16)5-13-8(15)4-12;/h7H,2-6,12H2,1H3,(H,13,15);1H. The molecule has 0 heterocycles. The molecule has 0 rings (SSSR count). The summed E-state index contributed by atoms with van der Waals surface area (Å²) in [6.45, 7) is 0.912. The Labute approximate surface area is 105 Å². The summed E-state index contributed by atoms with van der Waals surface area (Å²) in [6, 6.07) is 0. The van der Waals surface area contributed by atoms with Gasteiger partial charge in [0.15, 0.2) is 0 Å². The van der Waals surface area contributed by atoms with Crippen LogP contribution >= 0.6 is 12.4 Å². The predicted molar refractivity (Wildman–Crippen MR) is 62.2 cm³/mol. The maximum absolute atomic E-state index is 12.1. The fourth-order valence-corrected chi connectivity index (χ4v) is 1.11. The SMILES string of the molecule is CCCN(CC(F)F)C(=O)CNC(=O)CN.Cl. The highest BCUT2D eigenvalue weighted by Crippen LogP contribution is 2.00. The summed E-state index contributed by atoms with van der Waals surface area (Å²) in [4.78, 5) is 23.2. The smallest absolute Gasteiger partial charge is 0.255 e. The molecule has 0 aliphatic heterocycles. The Kier molecular flexibility index (Phi) is 11.1. The summed E-state index contributed by atoms with van der Waals surface area (Å²) < 4.78 is 24.3. The molecule has 0 spiro atoms. The second-order valence-electron chi connectivity index (χ2n) is 3.21. The van der Waals surface area contributed by atoms with Crippen LogP contribution in [0.3, 0.4) is 0 Å². The molecule has 0 saturated heterocycles. The van der Waals surface area contributed by atoms with E-state index in [1.807, 2.05) is 0 Å². The van der Waals surface area contributed by atoms with Crippen molar-refractivity contribution in [2.75, 3.05) is 26.2 Å². The van der Waals surface area contributed by atoms with E-state index >= 15 is 0 Å². The average Bonchev–Trinajstić information content (AvgIpc) is 2.24. The Morgan fingerprint density at radius 1 is 1.41 bits per heavy atom. The van der Waals surface area contributed by atoms with Gasteiger partial charge in [0.25, 0.3) is 6.43 Å². The lowest BCUT2D eigenvalue weighted by atomic mass is 10.3. The molecular formula is C9H18ClF2N3O2. The molecule has 0 aliphatic carbocycles. The van der Waals surface area contributed by atoms with Gasteiger partial charge in [0.2, 0.25) is 11.8 Å². The largest absolute Gasteiger partial charge is 0.346 e. The van der Waals surface area contributed by atoms with Crippen molar-refractivity contribution in [2.45, 2.75) is 19.8 Å². The van der Waals surface area contributed by atoms with Gasteiger partial charge in [-0.25, -0.2) is 8.78 Å². The maximum Gasteiger partial charge on any atom is 0.255 e. The second-order valence-corrected chi connectivity index (χ2v) is 3.21. The number of nitrogens with zero attached hydrogens (tertiary/aromatic N) is 1. The molecular weight excluding hydrogens is 256 g/mol. The van der Waals surface area contributed by atoms with Crippen molar-refractivity contribution >= 4 is 24.2 Å². The molecule has 0 bridgehead atoms. The number of alkyl halides is 2. The molecule has 8 heteroatoms. The fraction of sp³-hybridized carbons (Fsp3) is 0.778. The third-order valence-electron chi connectivity index (χ3n) is 1.83. The van der Waals surface area contributed by atoms with E-state index in [2.05, 4.69) is 5.32 Å². The molecule has 0 saturated carbocycles. The molecule has 0 aliphatic rings. The summed E-state index contributed by atoms with van der Waals surface area (Å²) in [6.07, 6.45) is -1.98. The minimum Gasteiger partial charge on any atom is -0.346 e. The first-order chi connectivity index (χ1) is 7.51. The molecule has 0 aromatic heterocycles. The molecule has 0 atom stereocenters. The van der Waals surface area contributed by atoms with Crippen LogP contribution in [0.5, 0.6) is 0 Å². The van der Waals surface area contributed by atoms with E-state index in [9.17, 15) is 18.4 Å². The molecule has 102 valence electrons. The molecule has 0 unspecified atom stereocenters. The highest BCUT2D eigenvalue weighted by molar-refractivity contribution is 5.85. The van der Waals surface area contributed by atoms with E-state index in [1.165, 1.54) is 0 Å². The van der Waals surface area contributed by atoms with Crippen LogP contribution in [0.1, 0.15) is 13.3 Å². The van der Waals surface area contributed by atoms with E-state index < -0.39 is 24.8 Å². The van der Waals surface area contributed by atoms with Gasteiger partial charge in [-0.15, -0.1) is 12.4 Å². The van der Waals surface area contributed by atoms with Gasteiger partial charge in [-0.3, -0.25) is 9.59 Å². The van der Waals surface area contributed by atoms with Gasteiger partial charge in [0.1, 0.15) is 0 Å². The van der Waals surface area contributed by atoms with Crippen LogP contribution in [0, 0.1) is 0 Å². The lowest BCUT2D eigenvalue weighted by Crippen LogP contribution is -2.43. The topological polar surface area (TPSA) is 75.4 Å². The summed E-state index contributed by atoms with van der Waals surface area (Å²) in [5.41, 5.74) is 5.02. The first-order valence-corrected chi connectivity index (χ1v) is 5.04. The van der Waals surface area contributed by atoms with Gasteiger partial charge in [-0.2, -0.15) is 0 Å². The Balaban J connectivity index is 0. The van der Waals surface area contributed by atoms with Crippen LogP contribution in [0.4, 0.5) is 8.78 Å². The fourth-order valence-electron chi connectivity index (χ4n) is 1.11. The van der Waals surface area contributed by atoms with Crippen molar-refractivity contribution in [3.05, 3.63) is 0 Å². The Morgan fingerprint density at radius 3 is 2.41 bits per heavy atom. The highest BCUT2D eigenvalue weighted by Gasteiger charge is 2.17. The van der Waals surface area contributed by atoms with Crippen molar-refractivity contribution in [2.24, 2.45) is 5.73 Å². The third kappa shape index (κ3) is 8.82. The van der Waals surface area contributed by atoms with Gasteiger partial charge >= 0.3 is 0 Å². The number of amides is 2. The summed E-state index contributed by atoms with van der Waals surface area (Å²) in [5.74, 6) is -1.01. The monoisotopic (exact) mass is 273 g/mol. The minimum atomic E-state index is -2.57. The zero-order valence-corrected chi connectivity index (χ0v) is 10.4. The number of hydrogen-bond donors (Lipinski definition) is 2. The number of halogens is 3. The van der Waals surface area contributed by atoms with Gasteiger partial charge in [0.05, 0.1) is 19.6 Å². The average molecular weight is 274 g/mol. The number of hydrogen-bond acceptors (Lipinski definition) is 3. The quantitative estimate of drug-likeness (QED) is 0.685. The third-order valence-corrected chi connectivity index (χ3v) is 1.83. The predicted octanol–water partition coefficient (Wildman–Crippen LogP) is -0.0132.